The molecule has 1 spiro atoms. The molecule has 0 bridgehead atoms. The summed E-state index contributed by atoms with van der Waals surface area (Å²) in [6, 6.07) is 39.0. The molecule has 7 aromatic rings. The van der Waals surface area contributed by atoms with Crippen molar-refractivity contribution >= 4 is 61.9 Å². The number of aliphatic hydroxyl groups is 2. The molecule has 0 aliphatic carbocycles. The minimum atomic E-state index is -2.22. The zero-order valence-corrected chi connectivity index (χ0v) is 38.4. The van der Waals surface area contributed by atoms with Crippen LogP contribution in [0.5, 0.6) is 5.75 Å². The molecule has 3 aliphatic rings. The van der Waals surface area contributed by atoms with Gasteiger partial charge in [-0.1, -0.05) is 114 Å². The molecule has 2 fully saturated rings. The van der Waals surface area contributed by atoms with Gasteiger partial charge in [0, 0.05) is 29.7 Å². The molecule has 6 aromatic carbocycles. The van der Waals surface area contributed by atoms with Crippen LogP contribution < -0.4 is 15.0 Å². The van der Waals surface area contributed by atoms with E-state index in [1.54, 1.807) is 42.5 Å². The number of morpholine rings is 1. The van der Waals surface area contributed by atoms with E-state index in [0.29, 0.717) is 33.3 Å². The molecule has 17 heteroatoms. The molecule has 356 valence electrons. The van der Waals surface area contributed by atoms with Crippen molar-refractivity contribution in [2.45, 2.75) is 42.7 Å². The van der Waals surface area contributed by atoms with Crippen LogP contribution in [0.15, 0.2) is 152 Å². The lowest BCUT2D eigenvalue weighted by Gasteiger charge is -2.46. The van der Waals surface area contributed by atoms with Crippen LogP contribution in [0.25, 0.3) is 10.2 Å². The number of nitro groups is 1. The van der Waals surface area contributed by atoms with E-state index in [4.69, 9.17) is 19.2 Å². The maximum absolute atomic E-state index is 16.6. The second kappa shape index (κ2) is 19.6. The number of aliphatic hydroxyl groups excluding tert-OH is 2. The third-order valence-electron chi connectivity index (χ3n) is 13.0. The number of para-hydroxylation sites is 2. The Hall–Kier alpha value is -8.27. The molecule has 4 heterocycles. The second-order valence-corrected chi connectivity index (χ2v) is 18.0. The van der Waals surface area contributed by atoms with Crippen molar-refractivity contribution in [1.29, 1.82) is 0 Å². The van der Waals surface area contributed by atoms with E-state index in [2.05, 4.69) is 17.2 Å². The number of benzene rings is 6. The number of aromatic nitrogens is 1. The predicted octanol–water partition coefficient (Wildman–Crippen LogP) is 7.95. The average Bonchev–Trinajstić information content (AvgIpc) is 4.03. The summed E-state index contributed by atoms with van der Waals surface area (Å²) in [5.41, 5.74) is 0.808. The fourth-order valence-electron chi connectivity index (χ4n) is 10.2. The van der Waals surface area contributed by atoms with E-state index in [-0.39, 0.29) is 54.1 Å². The van der Waals surface area contributed by atoms with Gasteiger partial charge in [-0.2, -0.15) is 0 Å². The van der Waals surface area contributed by atoms with Crippen molar-refractivity contribution in [2.24, 2.45) is 5.92 Å². The molecule has 71 heavy (non-hydrogen) atoms. The van der Waals surface area contributed by atoms with Crippen molar-refractivity contribution in [3.8, 4) is 17.6 Å². The molecule has 0 radical (unpaired) electrons. The number of carbonyl (C=O) groups is 4. The Bertz CT molecular complexity index is 3220. The van der Waals surface area contributed by atoms with Crippen LogP contribution in [0.1, 0.15) is 58.0 Å². The number of amides is 3. The summed E-state index contributed by atoms with van der Waals surface area (Å²) in [5.74, 6) is 2.00. The highest BCUT2D eigenvalue weighted by molar-refractivity contribution is 7.22. The van der Waals surface area contributed by atoms with E-state index in [1.165, 1.54) is 41.7 Å². The number of nitrogens with zero attached hydrogens (tertiary/aromatic N) is 4. The normalized spacial score (nSPS) is 21.2. The number of anilines is 2. The number of thiazole rings is 1. The van der Waals surface area contributed by atoms with Gasteiger partial charge in [-0.15, -0.1) is 0 Å². The van der Waals surface area contributed by atoms with Gasteiger partial charge in [0.05, 0.1) is 52.0 Å². The molecule has 1 aromatic heterocycles. The third-order valence-corrected chi connectivity index (χ3v) is 13.9. The number of esters is 1. The van der Waals surface area contributed by atoms with Crippen molar-refractivity contribution in [2.75, 3.05) is 30.0 Å². The molecule has 0 saturated carbocycles. The standard InChI is InChI=1S/C54H43N5O11S/c60-28-12-11-13-33-24-27-41-39(31-33)54(51(64)57(41)53(65)69-32-34-22-25-37(26-23-34)59(66)67)44(49(62)56-52-55-40-19-8-10-21-43(40)71-52)46-50(63)70-47(36-16-5-2-6-17-36)45(35-14-3-1-4-15-35)58(46)48(54)38-18-7-9-20-42(38)68-30-29-61/h1-10,14-27,31,44-48,60-61H,12,28-30,32H2,(H,55,56,62)/t44-,45-,46-,47+,48+,54-/m0/s1. The van der Waals surface area contributed by atoms with Crippen molar-refractivity contribution in [3.63, 3.8) is 0 Å². The van der Waals surface area contributed by atoms with Gasteiger partial charge < -0.3 is 29.7 Å². The van der Waals surface area contributed by atoms with Gasteiger partial charge in [0.2, 0.25) is 11.8 Å². The summed E-state index contributed by atoms with van der Waals surface area (Å²) in [5, 5.41) is 34.4. The number of non-ortho nitro benzene ring substituents is 1. The first-order valence-electron chi connectivity index (χ1n) is 22.7. The van der Waals surface area contributed by atoms with Gasteiger partial charge in [0.1, 0.15) is 36.5 Å². The molecule has 3 aliphatic heterocycles. The first-order chi connectivity index (χ1) is 34.6. The summed E-state index contributed by atoms with van der Waals surface area (Å²) in [7, 11) is 0. The Kier molecular flexibility index (Phi) is 12.8. The maximum Gasteiger partial charge on any atom is 0.421 e. The van der Waals surface area contributed by atoms with Crippen molar-refractivity contribution in [3.05, 3.63) is 195 Å². The number of nitro benzene ring substituents is 1. The van der Waals surface area contributed by atoms with Gasteiger partial charge in [-0.3, -0.25) is 29.4 Å². The number of rotatable bonds is 12. The van der Waals surface area contributed by atoms with Gasteiger partial charge in [0.25, 0.3) is 5.69 Å². The number of carbonyl (C=O) groups excluding carboxylic acids is 4. The number of hydrogen-bond donors (Lipinski definition) is 3. The fourth-order valence-corrected chi connectivity index (χ4v) is 11.1. The highest BCUT2D eigenvalue weighted by Crippen LogP contribution is 2.67. The minimum Gasteiger partial charge on any atom is -0.491 e. The Morgan fingerprint density at radius 2 is 1.55 bits per heavy atom. The van der Waals surface area contributed by atoms with E-state index in [1.807, 2.05) is 83.8 Å². The molecule has 3 amide bonds. The maximum atomic E-state index is 16.6. The van der Waals surface area contributed by atoms with Crippen LogP contribution in [0.3, 0.4) is 0 Å². The molecule has 2 saturated heterocycles. The Balaban J connectivity index is 1.25. The average molecular weight is 970 g/mol. The highest BCUT2D eigenvalue weighted by atomic mass is 32.1. The zero-order chi connectivity index (χ0) is 49.2. The highest BCUT2D eigenvalue weighted by Gasteiger charge is 2.76. The van der Waals surface area contributed by atoms with E-state index in [9.17, 15) is 25.1 Å². The van der Waals surface area contributed by atoms with Crippen LogP contribution in [-0.2, 0) is 35.9 Å². The zero-order valence-electron chi connectivity index (χ0n) is 37.6. The second-order valence-electron chi connectivity index (χ2n) is 17.0. The smallest absolute Gasteiger partial charge is 0.421 e. The number of imide groups is 1. The molecule has 16 nitrogen and oxygen atoms in total. The van der Waals surface area contributed by atoms with Gasteiger partial charge >= 0.3 is 12.1 Å². The summed E-state index contributed by atoms with van der Waals surface area (Å²) >= 11 is 1.20. The van der Waals surface area contributed by atoms with Gasteiger partial charge in [-0.25, -0.2) is 14.7 Å². The summed E-state index contributed by atoms with van der Waals surface area (Å²) in [4.78, 5) is 81.2. The van der Waals surface area contributed by atoms with Crippen LogP contribution in [0.4, 0.5) is 21.3 Å². The number of nitrogens with one attached hydrogen (secondary N) is 1. The number of cyclic esters (lactones) is 1. The molecule has 0 unspecified atom stereocenters. The largest absolute Gasteiger partial charge is 0.491 e. The van der Waals surface area contributed by atoms with Crippen molar-refractivity contribution < 1.29 is 48.5 Å². The topological polar surface area (TPSA) is 211 Å². The quantitative estimate of drug-likeness (QED) is 0.0460. The monoisotopic (exact) mass is 969 g/mol. The van der Waals surface area contributed by atoms with Gasteiger partial charge in [0.15, 0.2) is 5.13 Å². The lowest BCUT2D eigenvalue weighted by atomic mass is 9.65. The predicted molar refractivity (Wildman–Crippen MR) is 261 cm³/mol. The first-order valence-corrected chi connectivity index (χ1v) is 23.5. The van der Waals surface area contributed by atoms with Gasteiger partial charge in [-0.05, 0) is 70.8 Å². The summed E-state index contributed by atoms with van der Waals surface area (Å²) in [6.45, 7) is -1.15. The molecular weight excluding hydrogens is 927 g/mol. The lowest BCUT2D eigenvalue weighted by molar-refractivity contribution is -0.384. The molecule has 10 rings (SSSR count). The van der Waals surface area contributed by atoms with E-state index in [0.717, 1.165) is 9.60 Å². The fraction of sp³-hybridized carbons (Fsp3) is 0.204. The Morgan fingerprint density at radius 3 is 2.27 bits per heavy atom. The van der Waals surface area contributed by atoms with E-state index < -0.39 is 71.0 Å². The number of ether oxygens (including phenoxy) is 3. The lowest BCUT2D eigenvalue weighted by Crippen LogP contribution is -2.54. The molecule has 3 N–H and O–H groups in total. The molecule has 6 atom stereocenters. The summed E-state index contributed by atoms with van der Waals surface area (Å²) < 4.78 is 19.5. The third kappa shape index (κ3) is 8.32. The van der Waals surface area contributed by atoms with E-state index >= 15 is 14.4 Å². The van der Waals surface area contributed by atoms with Crippen molar-refractivity contribution in [1.82, 2.24) is 9.88 Å². The Labute approximate surface area is 410 Å². The minimum absolute atomic E-state index is 0.0389. The van der Waals surface area contributed by atoms with Crippen LogP contribution in [-0.4, -0.2) is 74.8 Å². The number of fused-ring (bicyclic) bond motifs is 4. The summed E-state index contributed by atoms with van der Waals surface area (Å²) in [6.07, 6.45) is -2.02. The van der Waals surface area contributed by atoms with Crippen LogP contribution in [0, 0.1) is 27.9 Å². The van der Waals surface area contributed by atoms with Crippen LogP contribution in [0.2, 0.25) is 0 Å². The number of hydrogen-bond acceptors (Lipinski definition) is 14. The first kappa shape index (κ1) is 46.5. The SMILES string of the molecule is O=C1O[C@H](c2ccccc2)[C@H](c2ccccc2)N2[C@H]1[C@@H](C(=O)Nc1nc3ccccc3s1)[C@]1(C(=O)N(C(=O)OCc3ccc([N+](=O)[O-])cc3)c3ccc(C#CCCO)cc31)[C@H]2c1ccccc1OCCO. The Morgan fingerprint density at radius 1 is 0.845 bits per heavy atom. The van der Waals surface area contributed by atoms with Crippen LogP contribution >= 0.6 is 11.3 Å². The molecular formula is C54H43N5O11S.